The number of hydrogen-bond donors (Lipinski definition) is 1. The highest BCUT2D eigenvalue weighted by Crippen LogP contribution is 2.32. The molecule has 0 aliphatic heterocycles. The molecule has 1 N–H and O–H groups in total. The van der Waals surface area contributed by atoms with Crippen LogP contribution in [0.2, 0.25) is 10.0 Å². The number of fused-ring (bicyclic) bond motifs is 1. The number of nitriles is 1. The molecule has 0 aliphatic rings. The van der Waals surface area contributed by atoms with Crippen LogP contribution in [0.3, 0.4) is 0 Å². The van der Waals surface area contributed by atoms with Gasteiger partial charge in [-0.3, -0.25) is 0 Å². The number of para-hydroxylation sites is 1. The third-order valence-corrected chi connectivity index (χ3v) is 7.70. The van der Waals surface area contributed by atoms with Crippen LogP contribution >= 0.6 is 23.2 Å². The van der Waals surface area contributed by atoms with E-state index in [1.165, 1.54) is 0 Å². The third kappa shape index (κ3) is 4.60. The molecule has 1 heterocycles. The fourth-order valence-corrected chi connectivity index (χ4v) is 5.32. The van der Waals surface area contributed by atoms with Crippen LogP contribution in [0.4, 0.5) is 0 Å². The van der Waals surface area contributed by atoms with Crippen molar-refractivity contribution in [1.29, 1.82) is 5.26 Å². The molecule has 0 saturated heterocycles. The van der Waals surface area contributed by atoms with E-state index in [1.54, 1.807) is 65.3 Å². The highest BCUT2D eigenvalue weighted by molar-refractivity contribution is 7.89. The van der Waals surface area contributed by atoms with E-state index in [-0.39, 0.29) is 22.7 Å². The standard InChI is InChI=1S/C27H18Cl2N4O2S/c28-21-12-9-19(10-13-21)27-23(16-30)25(32-33(27)26-8-4-3-7-24(26)29)17-31-36(34,35)22-14-11-18-5-1-2-6-20(18)15-22/h1-15,31H,17H2. The van der Waals surface area contributed by atoms with Gasteiger partial charge in [-0.25, -0.2) is 17.8 Å². The van der Waals surface area contributed by atoms with Crippen LogP contribution in [0.25, 0.3) is 27.7 Å². The molecule has 0 radical (unpaired) electrons. The molecule has 0 unspecified atom stereocenters. The van der Waals surface area contributed by atoms with E-state index >= 15 is 0 Å². The molecular weight excluding hydrogens is 515 g/mol. The van der Waals surface area contributed by atoms with Crippen LogP contribution in [0.5, 0.6) is 0 Å². The Balaban J connectivity index is 1.56. The molecule has 4 aromatic carbocycles. The van der Waals surface area contributed by atoms with Gasteiger partial charge in [0.05, 0.1) is 33.5 Å². The number of hydrogen-bond acceptors (Lipinski definition) is 4. The van der Waals surface area contributed by atoms with Crippen molar-refractivity contribution in [3.8, 4) is 23.0 Å². The predicted octanol–water partition coefficient (Wildman–Crippen LogP) is 6.35. The van der Waals surface area contributed by atoms with Crippen molar-refractivity contribution in [2.24, 2.45) is 0 Å². The molecular formula is C27H18Cl2N4O2S. The van der Waals surface area contributed by atoms with Gasteiger partial charge in [0.15, 0.2) is 0 Å². The summed E-state index contributed by atoms with van der Waals surface area (Å²) in [7, 11) is -3.87. The molecule has 5 rings (SSSR count). The van der Waals surface area contributed by atoms with E-state index in [0.29, 0.717) is 27.0 Å². The summed E-state index contributed by atoms with van der Waals surface area (Å²) in [5.74, 6) is 0. The molecule has 0 saturated carbocycles. The largest absolute Gasteiger partial charge is 0.240 e. The molecule has 0 atom stereocenters. The molecule has 1 aromatic heterocycles. The quantitative estimate of drug-likeness (QED) is 0.276. The van der Waals surface area contributed by atoms with Gasteiger partial charge in [0.2, 0.25) is 10.0 Å². The fourth-order valence-electron chi connectivity index (χ4n) is 3.96. The van der Waals surface area contributed by atoms with E-state index < -0.39 is 10.0 Å². The van der Waals surface area contributed by atoms with Gasteiger partial charge in [-0.1, -0.05) is 77.8 Å². The number of nitrogens with zero attached hydrogens (tertiary/aromatic N) is 3. The molecule has 36 heavy (non-hydrogen) atoms. The topological polar surface area (TPSA) is 87.8 Å². The first kappa shape index (κ1) is 24.0. The Morgan fingerprint density at radius 2 is 1.58 bits per heavy atom. The molecule has 5 aromatic rings. The van der Waals surface area contributed by atoms with Gasteiger partial charge in [0, 0.05) is 10.6 Å². The summed E-state index contributed by atoms with van der Waals surface area (Å²) in [5.41, 5.74) is 2.24. The fraction of sp³-hybridized carbons (Fsp3) is 0.0370. The summed E-state index contributed by atoms with van der Waals surface area (Å²) in [6, 6.07) is 28.7. The van der Waals surface area contributed by atoms with Gasteiger partial charge in [-0.15, -0.1) is 0 Å². The van der Waals surface area contributed by atoms with Crippen molar-refractivity contribution < 1.29 is 8.42 Å². The number of nitrogens with one attached hydrogen (secondary N) is 1. The Kier molecular flexibility index (Phi) is 6.52. The Morgan fingerprint density at radius 3 is 2.31 bits per heavy atom. The summed E-state index contributed by atoms with van der Waals surface area (Å²) < 4.78 is 30.4. The van der Waals surface area contributed by atoms with Crippen molar-refractivity contribution in [3.63, 3.8) is 0 Å². The van der Waals surface area contributed by atoms with E-state index in [1.807, 2.05) is 30.3 Å². The second kappa shape index (κ2) is 9.76. The maximum Gasteiger partial charge on any atom is 0.240 e. The minimum absolute atomic E-state index is 0.128. The van der Waals surface area contributed by atoms with Crippen molar-refractivity contribution in [3.05, 3.63) is 112 Å². The van der Waals surface area contributed by atoms with Gasteiger partial charge in [-0.2, -0.15) is 10.4 Å². The minimum atomic E-state index is -3.87. The monoisotopic (exact) mass is 532 g/mol. The second-order valence-electron chi connectivity index (χ2n) is 7.99. The molecule has 0 fully saturated rings. The minimum Gasteiger partial charge on any atom is -0.230 e. The Morgan fingerprint density at radius 1 is 0.889 bits per heavy atom. The highest BCUT2D eigenvalue weighted by Gasteiger charge is 2.23. The molecule has 0 bridgehead atoms. The smallest absolute Gasteiger partial charge is 0.230 e. The summed E-state index contributed by atoms with van der Waals surface area (Å²) in [6.45, 7) is -0.184. The van der Waals surface area contributed by atoms with Crippen LogP contribution < -0.4 is 4.72 Å². The van der Waals surface area contributed by atoms with Gasteiger partial charge in [0.1, 0.15) is 11.6 Å². The first-order valence-corrected chi connectivity index (χ1v) is 13.1. The summed E-state index contributed by atoms with van der Waals surface area (Å²) in [5, 5.41) is 17.4. The summed E-state index contributed by atoms with van der Waals surface area (Å²) in [4.78, 5) is 0.128. The Hall–Kier alpha value is -3.67. The van der Waals surface area contributed by atoms with Gasteiger partial charge in [0.25, 0.3) is 0 Å². The van der Waals surface area contributed by atoms with Crippen LogP contribution in [0.15, 0.2) is 95.9 Å². The Labute approximate surface area is 218 Å². The molecule has 0 aliphatic carbocycles. The lowest BCUT2D eigenvalue weighted by atomic mass is 10.1. The molecule has 9 heteroatoms. The van der Waals surface area contributed by atoms with Crippen LogP contribution in [-0.4, -0.2) is 18.2 Å². The van der Waals surface area contributed by atoms with E-state index in [2.05, 4.69) is 15.9 Å². The van der Waals surface area contributed by atoms with Crippen LogP contribution in [0.1, 0.15) is 11.3 Å². The maximum atomic E-state index is 13.1. The van der Waals surface area contributed by atoms with E-state index in [0.717, 1.165) is 10.8 Å². The summed E-state index contributed by atoms with van der Waals surface area (Å²) in [6.07, 6.45) is 0. The average molecular weight is 533 g/mol. The molecule has 0 amide bonds. The molecule has 6 nitrogen and oxygen atoms in total. The lowest BCUT2D eigenvalue weighted by molar-refractivity contribution is 0.580. The van der Waals surface area contributed by atoms with E-state index in [9.17, 15) is 13.7 Å². The van der Waals surface area contributed by atoms with Gasteiger partial charge >= 0.3 is 0 Å². The second-order valence-corrected chi connectivity index (χ2v) is 10.6. The highest BCUT2D eigenvalue weighted by atomic mass is 35.5. The molecule has 0 spiro atoms. The maximum absolute atomic E-state index is 13.1. The first-order chi connectivity index (χ1) is 17.4. The number of sulfonamides is 1. The lowest BCUT2D eigenvalue weighted by Gasteiger charge is -2.09. The number of halogens is 2. The van der Waals surface area contributed by atoms with Gasteiger partial charge < -0.3 is 0 Å². The van der Waals surface area contributed by atoms with E-state index in [4.69, 9.17) is 23.2 Å². The van der Waals surface area contributed by atoms with Crippen molar-refractivity contribution in [1.82, 2.24) is 14.5 Å². The zero-order valence-electron chi connectivity index (χ0n) is 18.7. The first-order valence-electron chi connectivity index (χ1n) is 10.9. The predicted molar refractivity (Wildman–Crippen MR) is 142 cm³/mol. The van der Waals surface area contributed by atoms with Crippen molar-refractivity contribution in [2.45, 2.75) is 11.4 Å². The number of aromatic nitrogens is 2. The van der Waals surface area contributed by atoms with Crippen LogP contribution in [0, 0.1) is 11.3 Å². The number of benzene rings is 4. The normalized spacial score (nSPS) is 11.5. The van der Waals surface area contributed by atoms with Crippen molar-refractivity contribution >= 4 is 44.0 Å². The number of rotatable bonds is 6. The third-order valence-electron chi connectivity index (χ3n) is 5.73. The molecule has 178 valence electrons. The zero-order chi connectivity index (χ0) is 25.3. The SMILES string of the molecule is N#Cc1c(CNS(=O)(=O)c2ccc3ccccc3c2)nn(-c2ccccc2Cl)c1-c1ccc(Cl)cc1. The van der Waals surface area contributed by atoms with Crippen molar-refractivity contribution in [2.75, 3.05) is 0 Å². The lowest BCUT2D eigenvalue weighted by Crippen LogP contribution is -2.24. The Bertz CT molecular complexity index is 1740. The zero-order valence-corrected chi connectivity index (χ0v) is 21.0. The van der Waals surface area contributed by atoms with Crippen LogP contribution in [-0.2, 0) is 16.6 Å². The van der Waals surface area contributed by atoms with Gasteiger partial charge in [-0.05, 0) is 47.2 Å². The summed E-state index contributed by atoms with van der Waals surface area (Å²) >= 11 is 12.5. The average Bonchev–Trinajstić information content (AvgIpc) is 3.26.